The highest BCUT2D eigenvalue weighted by Crippen LogP contribution is 2.26. The van der Waals surface area contributed by atoms with Crippen LogP contribution in [-0.4, -0.2) is 20.9 Å². The van der Waals surface area contributed by atoms with Crippen LogP contribution in [0.15, 0.2) is 6.20 Å². The van der Waals surface area contributed by atoms with Crippen molar-refractivity contribution in [3.63, 3.8) is 0 Å². The van der Waals surface area contributed by atoms with Crippen LogP contribution < -0.4 is 0 Å². The summed E-state index contributed by atoms with van der Waals surface area (Å²) >= 11 is 5.68. The van der Waals surface area contributed by atoms with E-state index in [0.717, 1.165) is 12.1 Å². The Labute approximate surface area is 95.8 Å². The largest absolute Gasteiger partial charge is 0.249 e. The van der Waals surface area contributed by atoms with Gasteiger partial charge in [0.2, 0.25) is 0 Å². The lowest BCUT2D eigenvalue weighted by atomic mass is 10.1. The molecule has 0 N–H and O–H groups in total. The third-order valence-electron chi connectivity index (χ3n) is 3.11. The molecule has 0 bridgehead atoms. The van der Waals surface area contributed by atoms with Crippen LogP contribution in [0.25, 0.3) is 0 Å². The first-order valence-corrected chi connectivity index (χ1v) is 6.40. The summed E-state index contributed by atoms with van der Waals surface area (Å²) in [5, 5.41) is 8.35. The van der Waals surface area contributed by atoms with E-state index in [1.165, 1.54) is 38.5 Å². The minimum Gasteiger partial charge on any atom is -0.249 e. The Bertz CT molecular complexity index is 290. The number of alkyl halides is 1. The molecule has 1 aromatic heterocycles. The second kappa shape index (κ2) is 5.50. The Kier molecular flexibility index (Phi) is 4.01. The van der Waals surface area contributed by atoms with E-state index in [1.54, 1.807) is 0 Å². The molecule has 1 heterocycles. The number of rotatable bonds is 3. The maximum absolute atomic E-state index is 5.68. The van der Waals surface area contributed by atoms with Crippen LogP contribution in [0.2, 0.25) is 0 Å². The van der Waals surface area contributed by atoms with Crippen molar-refractivity contribution in [3.05, 3.63) is 11.9 Å². The molecule has 0 unspecified atom stereocenters. The van der Waals surface area contributed by atoms with Crippen molar-refractivity contribution in [1.29, 1.82) is 0 Å². The van der Waals surface area contributed by atoms with Gasteiger partial charge in [-0.25, -0.2) is 4.68 Å². The van der Waals surface area contributed by atoms with Crippen LogP contribution in [0, 0.1) is 0 Å². The molecule has 0 spiro atoms. The van der Waals surface area contributed by atoms with E-state index in [9.17, 15) is 0 Å². The molecule has 84 valence electrons. The molecule has 0 atom stereocenters. The maximum Gasteiger partial charge on any atom is 0.0839 e. The molecule has 0 saturated heterocycles. The average molecular weight is 228 g/mol. The summed E-state index contributed by atoms with van der Waals surface area (Å²) in [4.78, 5) is 0. The monoisotopic (exact) mass is 227 g/mol. The van der Waals surface area contributed by atoms with Crippen LogP contribution in [0.3, 0.4) is 0 Å². The Morgan fingerprint density at radius 1 is 1.27 bits per heavy atom. The molecule has 0 radical (unpaired) electrons. The topological polar surface area (TPSA) is 30.7 Å². The van der Waals surface area contributed by atoms with E-state index >= 15 is 0 Å². The van der Waals surface area contributed by atoms with Gasteiger partial charge >= 0.3 is 0 Å². The number of nitrogens with zero attached hydrogens (tertiary/aromatic N) is 3. The summed E-state index contributed by atoms with van der Waals surface area (Å²) in [7, 11) is 0. The number of aryl methyl sites for hydroxylation is 1. The second-order valence-corrected chi connectivity index (χ2v) is 4.65. The van der Waals surface area contributed by atoms with Gasteiger partial charge in [-0.3, -0.25) is 0 Å². The third-order valence-corrected chi connectivity index (χ3v) is 3.30. The second-order valence-electron chi connectivity index (χ2n) is 4.27. The number of hydrogen-bond acceptors (Lipinski definition) is 2. The van der Waals surface area contributed by atoms with Gasteiger partial charge in [-0.05, 0) is 12.8 Å². The molecule has 0 amide bonds. The van der Waals surface area contributed by atoms with Gasteiger partial charge in [-0.1, -0.05) is 30.9 Å². The van der Waals surface area contributed by atoms with Crippen LogP contribution in [0.1, 0.15) is 50.3 Å². The minimum atomic E-state index is 0.573. The fraction of sp³-hybridized carbons (Fsp3) is 0.818. The van der Waals surface area contributed by atoms with Crippen molar-refractivity contribution < 1.29 is 0 Å². The smallest absolute Gasteiger partial charge is 0.0839 e. The molecule has 1 aliphatic carbocycles. The molecule has 0 aliphatic heterocycles. The molecule has 1 saturated carbocycles. The Morgan fingerprint density at radius 3 is 2.67 bits per heavy atom. The first kappa shape index (κ1) is 10.9. The van der Waals surface area contributed by atoms with Crippen LogP contribution in [-0.2, 0) is 6.42 Å². The molecule has 1 fully saturated rings. The van der Waals surface area contributed by atoms with E-state index in [4.69, 9.17) is 11.6 Å². The van der Waals surface area contributed by atoms with Crippen molar-refractivity contribution in [3.8, 4) is 0 Å². The summed E-state index contributed by atoms with van der Waals surface area (Å²) in [6, 6.07) is 0.573. The van der Waals surface area contributed by atoms with Gasteiger partial charge in [0.25, 0.3) is 0 Å². The van der Waals surface area contributed by atoms with Gasteiger partial charge in [0.15, 0.2) is 0 Å². The van der Waals surface area contributed by atoms with Gasteiger partial charge in [-0.2, -0.15) is 0 Å². The maximum atomic E-state index is 5.68. The van der Waals surface area contributed by atoms with Gasteiger partial charge in [-0.15, -0.1) is 16.7 Å². The lowest BCUT2D eigenvalue weighted by Crippen LogP contribution is -2.08. The number of halogens is 1. The molecule has 1 aromatic rings. The Balaban J connectivity index is 2.00. The molecule has 4 heteroatoms. The number of aromatic nitrogens is 3. The van der Waals surface area contributed by atoms with Gasteiger partial charge < -0.3 is 0 Å². The standard InChI is InChI=1S/C11H18ClN3/c12-8-7-10-9-15(14-13-10)11-5-3-1-2-4-6-11/h9,11H,1-8H2. The highest BCUT2D eigenvalue weighted by Gasteiger charge is 2.15. The zero-order chi connectivity index (χ0) is 10.5. The summed E-state index contributed by atoms with van der Waals surface area (Å²) in [5.74, 6) is 0.628. The summed E-state index contributed by atoms with van der Waals surface area (Å²) in [6.45, 7) is 0. The lowest BCUT2D eigenvalue weighted by Gasteiger charge is -2.12. The summed E-state index contributed by atoms with van der Waals surface area (Å²) < 4.78 is 2.05. The highest BCUT2D eigenvalue weighted by atomic mass is 35.5. The van der Waals surface area contributed by atoms with E-state index < -0.39 is 0 Å². The predicted molar refractivity (Wildman–Crippen MR) is 61.2 cm³/mol. The SMILES string of the molecule is ClCCc1cn(C2CCCCCC2)nn1. The molecule has 1 aliphatic rings. The molecular weight excluding hydrogens is 210 g/mol. The summed E-state index contributed by atoms with van der Waals surface area (Å²) in [6.07, 6.45) is 10.8. The zero-order valence-electron chi connectivity index (χ0n) is 9.03. The van der Waals surface area contributed by atoms with Crippen molar-refractivity contribution in [1.82, 2.24) is 15.0 Å². The zero-order valence-corrected chi connectivity index (χ0v) is 9.79. The van der Waals surface area contributed by atoms with E-state index in [-0.39, 0.29) is 0 Å². The fourth-order valence-electron chi connectivity index (χ4n) is 2.23. The Hall–Kier alpha value is -0.570. The lowest BCUT2D eigenvalue weighted by molar-refractivity contribution is 0.396. The average Bonchev–Trinajstić information content (AvgIpc) is 2.53. The highest BCUT2D eigenvalue weighted by molar-refractivity contribution is 6.17. The first-order valence-electron chi connectivity index (χ1n) is 5.87. The van der Waals surface area contributed by atoms with Crippen LogP contribution >= 0.6 is 11.6 Å². The molecule has 2 rings (SSSR count). The van der Waals surface area contributed by atoms with E-state index in [2.05, 4.69) is 16.5 Å². The minimum absolute atomic E-state index is 0.573. The quantitative estimate of drug-likeness (QED) is 0.587. The van der Waals surface area contributed by atoms with Gasteiger partial charge in [0.1, 0.15) is 0 Å². The van der Waals surface area contributed by atoms with Crippen LogP contribution in [0.4, 0.5) is 0 Å². The third kappa shape index (κ3) is 2.94. The molecule has 15 heavy (non-hydrogen) atoms. The molecule has 3 nitrogen and oxygen atoms in total. The first-order chi connectivity index (χ1) is 7.40. The van der Waals surface area contributed by atoms with Crippen LogP contribution in [0.5, 0.6) is 0 Å². The summed E-state index contributed by atoms with van der Waals surface area (Å²) in [5.41, 5.74) is 1.02. The van der Waals surface area contributed by atoms with Crippen molar-refractivity contribution in [2.75, 3.05) is 5.88 Å². The van der Waals surface area contributed by atoms with E-state index in [0.29, 0.717) is 11.9 Å². The number of hydrogen-bond donors (Lipinski definition) is 0. The van der Waals surface area contributed by atoms with E-state index in [1.807, 2.05) is 4.68 Å². The van der Waals surface area contributed by atoms with Crippen molar-refractivity contribution >= 4 is 11.6 Å². The molecular formula is C11H18ClN3. The van der Waals surface area contributed by atoms with Crippen molar-refractivity contribution in [2.45, 2.75) is 51.0 Å². The fourth-order valence-corrected chi connectivity index (χ4v) is 2.42. The molecule has 0 aromatic carbocycles. The normalized spacial score (nSPS) is 19.0. The predicted octanol–water partition coefficient (Wildman–Crippen LogP) is 2.95. The van der Waals surface area contributed by atoms with Crippen molar-refractivity contribution in [2.24, 2.45) is 0 Å². The van der Waals surface area contributed by atoms with Gasteiger partial charge in [0.05, 0.1) is 11.7 Å². The van der Waals surface area contributed by atoms with Gasteiger partial charge in [0, 0.05) is 18.5 Å². The Morgan fingerprint density at radius 2 is 2.00 bits per heavy atom.